The lowest BCUT2D eigenvalue weighted by molar-refractivity contribution is 0.667. The van der Waals surface area contributed by atoms with Crippen molar-refractivity contribution in [3.8, 4) is 22.4 Å². The van der Waals surface area contributed by atoms with Gasteiger partial charge in [-0.3, -0.25) is 4.90 Å². The summed E-state index contributed by atoms with van der Waals surface area (Å²) >= 11 is 0. The minimum atomic E-state index is 0.586. The largest absolute Gasteiger partial charge is 0.456 e. The lowest BCUT2D eigenvalue weighted by Crippen LogP contribution is -2.18. The minimum absolute atomic E-state index is 0.586. The molecule has 1 aliphatic heterocycles. The van der Waals surface area contributed by atoms with Crippen molar-refractivity contribution in [2.24, 2.45) is 0 Å². The Morgan fingerprint density at radius 1 is 0.447 bits per heavy atom. The molecule has 11 rings (SSSR count). The minimum Gasteiger partial charge on any atom is -0.456 e. The van der Waals surface area contributed by atoms with Gasteiger partial charge >= 0.3 is 0 Å². The molecule has 1 aliphatic rings. The third-order valence-electron chi connectivity index (χ3n) is 9.58. The molecule has 0 saturated heterocycles. The van der Waals surface area contributed by atoms with Crippen LogP contribution in [0.1, 0.15) is 0 Å². The third-order valence-corrected chi connectivity index (χ3v) is 9.58. The smallest absolute Gasteiger partial charge is 0.236 e. The van der Waals surface area contributed by atoms with Gasteiger partial charge in [0.15, 0.2) is 5.58 Å². The van der Waals surface area contributed by atoms with Crippen LogP contribution in [-0.4, -0.2) is 9.97 Å². The molecule has 0 atom stereocenters. The summed E-state index contributed by atoms with van der Waals surface area (Å²) in [6, 6.07) is 48.5. The van der Waals surface area contributed by atoms with Gasteiger partial charge in [-0.2, -0.15) is 0 Å². The summed E-state index contributed by atoms with van der Waals surface area (Å²) in [5.74, 6) is 0.586. The van der Waals surface area contributed by atoms with Crippen molar-refractivity contribution >= 4 is 82.9 Å². The normalized spacial score (nSPS) is 12.6. The first-order valence-corrected chi connectivity index (χ1v) is 15.8. The van der Waals surface area contributed by atoms with Crippen LogP contribution >= 0.6 is 0 Å². The van der Waals surface area contributed by atoms with Gasteiger partial charge in [-0.1, -0.05) is 97.1 Å². The number of rotatable bonds is 2. The van der Waals surface area contributed by atoms with Crippen molar-refractivity contribution in [2.45, 2.75) is 0 Å². The van der Waals surface area contributed by atoms with Crippen LogP contribution in [0.5, 0.6) is 0 Å². The van der Waals surface area contributed by atoms with E-state index in [1.54, 1.807) is 0 Å². The average Bonchev–Trinajstić information content (AvgIpc) is 3.70. The van der Waals surface area contributed by atoms with Crippen molar-refractivity contribution in [3.63, 3.8) is 0 Å². The van der Waals surface area contributed by atoms with Gasteiger partial charge in [0, 0.05) is 32.7 Å². The Balaban J connectivity index is 1.29. The quantitative estimate of drug-likeness (QED) is 0.197. The number of nitrogens with zero attached hydrogens (tertiary/aromatic N) is 3. The Kier molecular flexibility index (Phi) is 4.78. The van der Waals surface area contributed by atoms with Crippen LogP contribution < -0.4 is 4.90 Å². The van der Waals surface area contributed by atoms with E-state index in [0.29, 0.717) is 11.5 Å². The second-order valence-corrected chi connectivity index (χ2v) is 12.2. The zero-order valence-corrected chi connectivity index (χ0v) is 24.9. The summed E-state index contributed by atoms with van der Waals surface area (Å²) in [5, 5.41) is 7.71. The highest BCUT2D eigenvalue weighted by molar-refractivity contribution is 6.18. The number of para-hydroxylation sites is 2. The molecule has 0 unspecified atom stereocenters. The SMILES string of the molecule is c1ccc2cc3c(cc2c1)-c1cccc2cccc(c12)N3c1nc(-c2cccc3oc4ccccc4c23)c2oc3ccccc3c2n1. The van der Waals surface area contributed by atoms with Crippen molar-refractivity contribution in [2.75, 3.05) is 4.90 Å². The number of hydrogen-bond acceptors (Lipinski definition) is 5. The molecular formula is C42H23N3O2. The molecule has 7 aromatic carbocycles. The first kappa shape index (κ1) is 24.8. The molecule has 0 fully saturated rings. The van der Waals surface area contributed by atoms with E-state index in [-0.39, 0.29) is 0 Å². The van der Waals surface area contributed by atoms with Gasteiger partial charge in [-0.15, -0.1) is 0 Å². The molecule has 3 aromatic heterocycles. The van der Waals surface area contributed by atoms with Gasteiger partial charge in [-0.05, 0) is 64.2 Å². The first-order valence-electron chi connectivity index (χ1n) is 15.8. The zero-order chi connectivity index (χ0) is 30.6. The molecule has 218 valence electrons. The summed E-state index contributed by atoms with van der Waals surface area (Å²) in [6.45, 7) is 0. The Morgan fingerprint density at radius 2 is 1.11 bits per heavy atom. The van der Waals surface area contributed by atoms with Crippen LogP contribution in [0.15, 0.2) is 148 Å². The zero-order valence-electron chi connectivity index (χ0n) is 24.9. The van der Waals surface area contributed by atoms with Gasteiger partial charge < -0.3 is 8.83 Å². The molecule has 0 spiro atoms. The lowest BCUT2D eigenvalue weighted by Gasteiger charge is -2.32. The van der Waals surface area contributed by atoms with E-state index in [9.17, 15) is 0 Å². The second-order valence-electron chi connectivity index (χ2n) is 12.2. The number of fused-ring (bicyclic) bond motifs is 9. The molecule has 0 aliphatic carbocycles. The Hall–Kier alpha value is -6.46. The van der Waals surface area contributed by atoms with Crippen molar-refractivity contribution in [1.82, 2.24) is 9.97 Å². The monoisotopic (exact) mass is 601 g/mol. The standard InChI is InChI=1S/C42H23N3O2/c1-2-11-26-23-33-31(22-25(26)10-1)27-16-7-12-24-13-8-18-32(37(24)27)45(33)42-43-39-29-15-4-6-20-35(29)47-41(39)40(44-42)30-17-9-21-36-38(30)28-14-3-5-19-34(28)46-36/h1-23H. The number of benzene rings is 7. The Labute approximate surface area is 267 Å². The van der Waals surface area contributed by atoms with E-state index >= 15 is 0 Å². The summed E-state index contributed by atoms with van der Waals surface area (Å²) in [6.07, 6.45) is 0. The fourth-order valence-electron chi connectivity index (χ4n) is 7.54. The number of furan rings is 2. The number of hydrogen-bond donors (Lipinski definition) is 0. The van der Waals surface area contributed by atoms with Gasteiger partial charge in [-0.25, -0.2) is 9.97 Å². The highest BCUT2D eigenvalue weighted by atomic mass is 16.3. The van der Waals surface area contributed by atoms with Gasteiger partial charge in [0.25, 0.3) is 0 Å². The third kappa shape index (κ3) is 3.37. The van der Waals surface area contributed by atoms with Crippen LogP contribution in [0.2, 0.25) is 0 Å². The summed E-state index contributed by atoms with van der Waals surface area (Å²) in [4.78, 5) is 13.0. The van der Waals surface area contributed by atoms with Gasteiger partial charge in [0.05, 0.1) is 11.4 Å². The number of anilines is 3. The van der Waals surface area contributed by atoms with Crippen molar-refractivity contribution in [3.05, 3.63) is 140 Å². The van der Waals surface area contributed by atoms with E-state index in [2.05, 4.69) is 95.9 Å². The van der Waals surface area contributed by atoms with Crippen LogP contribution in [-0.2, 0) is 0 Å². The molecule has 5 nitrogen and oxygen atoms in total. The average molecular weight is 602 g/mol. The molecule has 10 aromatic rings. The molecule has 0 bridgehead atoms. The molecular weight excluding hydrogens is 578 g/mol. The Bertz CT molecular complexity index is 2930. The van der Waals surface area contributed by atoms with E-state index in [1.165, 1.54) is 21.7 Å². The predicted molar refractivity (Wildman–Crippen MR) is 191 cm³/mol. The van der Waals surface area contributed by atoms with Crippen LogP contribution in [0.3, 0.4) is 0 Å². The molecule has 0 saturated carbocycles. The molecule has 4 heterocycles. The maximum atomic E-state index is 6.58. The molecule has 5 heteroatoms. The second kappa shape index (κ2) is 9.05. The van der Waals surface area contributed by atoms with E-state index in [0.717, 1.165) is 72.0 Å². The highest BCUT2D eigenvalue weighted by Gasteiger charge is 2.30. The van der Waals surface area contributed by atoms with Gasteiger partial charge in [0.1, 0.15) is 28.0 Å². The van der Waals surface area contributed by atoms with E-state index < -0.39 is 0 Å². The molecule has 0 N–H and O–H groups in total. The lowest BCUT2D eigenvalue weighted by atomic mass is 9.89. The maximum Gasteiger partial charge on any atom is 0.236 e. The van der Waals surface area contributed by atoms with Crippen LogP contribution in [0.4, 0.5) is 17.3 Å². The fourth-order valence-corrected chi connectivity index (χ4v) is 7.54. The summed E-state index contributed by atoms with van der Waals surface area (Å²) < 4.78 is 12.9. The number of aromatic nitrogens is 2. The summed E-state index contributed by atoms with van der Waals surface area (Å²) in [5.41, 5.74) is 9.97. The summed E-state index contributed by atoms with van der Waals surface area (Å²) in [7, 11) is 0. The van der Waals surface area contributed by atoms with Crippen molar-refractivity contribution in [1.29, 1.82) is 0 Å². The van der Waals surface area contributed by atoms with Gasteiger partial charge in [0.2, 0.25) is 5.95 Å². The Morgan fingerprint density at radius 3 is 1.98 bits per heavy atom. The predicted octanol–water partition coefficient (Wildman–Crippen LogP) is 11.7. The maximum absolute atomic E-state index is 6.58. The van der Waals surface area contributed by atoms with Crippen LogP contribution in [0, 0.1) is 0 Å². The topological polar surface area (TPSA) is 55.3 Å². The van der Waals surface area contributed by atoms with Crippen molar-refractivity contribution < 1.29 is 8.83 Å². The highest BCUT2D eigenvalue weighted by Crippen LogP contribution is 2.52. The first-order chi connectivity index (χ1) is 23.3. The molecule has 47 heavy (non-hydrogen) atoms. The van der Waals surface area contributed by atoms with E-state index in [4.69, 9.17) is 18.8 Å². The fraction of sp³-hybridized carbons (Fsp3) is 0. The van der Waals surface area contributed by atoms with Crippen LogP contribution in [0.25, 0.3) is 87.9 Å². The molecule has 0 amide bonds. The molecule has 0 radical (unpaired) electrons. The van der Waals surface area contributed by atoms with E-state index in [1.807, 2.05) is 48.5 Å².